The van der Waals surface area contributed by atoms with E-state index in [1.165, 1.54) is 0 Å². The number of sulfonamides is 1. The standard InChI is InChI=1S/C26H27ClN4O5S2/c1-15-12-23(16(2)11-19(15)27)37(33,34)30-22(26-28-20-5-3-4-6-21(20)29-26)13-17-7-9-18(10-8-17)24-14-25(32)31-38(24,35)36/h3-12,22,24,30,35-36H,13-14H2,1-2H3,(H,28,29)(H,31,32)/t22-,24?/m0/s1. The van der Waals surface area contributed by atoms with Crippen molar-refractivity contribution in [2.24, 2.45) is 0 Å². The molecule has 200 valence electrons. The maximum Gasteiger partial charge on any atom is 0.241 e. The van der Waals surface area contributed by atoms with Gasteiger partial charge in [-0.2, -0.15) is 0 Å². The van der Waals surface area contributed by atoms with Crippen LogP contribution >= 0.6 is 22.4 Å². The Morgan fingerprint density at radius 1 is 1.11 bits per heavy atom. The average molecular weight is 575 g/mol. The number of benzene rings is 3. The topological polar surface area (TPSA) is 144 Å². The van der Waals surface area contributed by atoms with E-state index in [9.17, 15) is 22.3 Å². The molecule has 5 rings (SSSR count). The van der Waals surface area contributed by atoms with Crippen molar-refractivity contribution in [1.29, 1.82) is 0 Å². The van der Waals surface area contributed by atoms with Gasteiger partial charge in [0.25, 0.3) is 0 Å². The summed E-state index contributed by atoms with van der Waals surface area (Å²) in [5.41, 5.74) is 4.08. The lowest BCUT2D eigenvalue weighted by atomic mass is 10.0. The van der Waals surface area contributed by atoms with Crippen LogP contribution in [0.4, 0.5) is 0 Å². The maximum absolute atomic E-state index is 13.5. The molecule has 1 saturated heterocycles. The van der Waals surface area contributed by atoms with E-state index >= 15 is 0 Å². The molecule has 0 radical (unpaired) electrons. The summed E-state index contributed by atoms with van der Waals surface area (Å²) in [5.74, 6) is 0.0492. The number of hydrogen-bond donors (Lipinski definition) is 5. The van der Waals surface area contributed by atoms with Crippen molar-refractivity contribution in [2.75, 3.05) is 0 Å². The van der Waals surface area contributed by atoms with E-state index in [4.69, 9.17) is 11.6 Å². The van der Waals surface area contributed by atoms with Gasteiger partial charge >= 0.3 is 0 Å². The van der Waals surface area contributed by atoms with Crippen LogP contribution < -0.4 is 9.44 Å². The molecule has 3 aromatic carbocycles. The molecule has 5 N–H and O–H groups in total. The van der Waals surface area contributed by atoms with E-state index in [0.29, 0.717) is 33.1 Å². The summed E-state index contributed by atoms with van der Waals surface area (Å²) in [6.07, 6.45) is 0.256. The largest absolute Gasteiger partial charge is 0.341 e. The predicted molar refractivity (Wildman–Crippen MR) is 149 cm³/mol. The van der Waals surface area contributed by atoms with E-state index in [2.05, 4.69) is 19.4 Å². The molecule has 12 heteroatoms. The Balaban J connectivity index is 1.48. The molecule has 9 nitrogen and oxygen atoms in total. The molecule has 2 atom stereocenters. The van der Waals surface area contributed by atoms with Gasteiger partial charge in [-0.3, -0.25) is 18.6 Å². The van der Waals surface area contributed by atoms with Crippen LogP contribution in [0.1, 0.15) is 45.8 Å². The molecule has 1 aliphatic rings. The fourth-order valence-electron chi connectivity index (χ4n) is 4.60. The summed E-state index contributed by atoms with van der Waals surface area (Å²) < 4.78 is 52.6. The minimum Gasteiger partial charge on any atom is -0.341 e. The molecule has 1 unspecified atom stereocenters. The van der Waals surface area contributed by atoms with Gasteiger partial charge in [-0.05, 0) is 66.8 Å². The Morgan fingerprint density at radius 3 is 2.47 bits per heavy atom. The van der Waals surface area contributed by atoms with Crippen molar-refractivity contribution in [1.82, 2.24) is 19.4 Å². The Kier molecular flexibility index (Phi) is 7.01. The molecule has 1 aliphatic heterocycles. The van der Waals surface area contributed by atoms with Crippen molar-refractivity contribution in [3.63, 3.8) is 0 Å². The van der Waals surface area contributed by atoms with E-state index in [-0.39, 0.29) is 17.7 Å². The van der Waals surface area contributed by atoms with E-state index in [1.807, 2.05) is 24.3 Å². The fraction of sp³-hybridized carbons (Fsp3) is 0.231. The molecule has 1 aromatic heterocycles. The third-order valence-electron chi connectivity index (χ3n) is 6.60. The first-order chi connectivity index (χ1) is 17.9. The average Bonchev–Trinajstić information content (AvgIpc) is 3.40. The Hall–Kier alpha value is -2.93. The Morgan fingerprint density at radius 2 is 1.82 bits per heavy atom. The number of carbonyl (C=O) groups excluding carboxylic acids is 1. The number of amides is 1. The number of halogens is 1. The molecule has 2 heterocycles. The lowest BCUT2D eigenvalue weighted by Gasteiger charge is -2.32. The maximum atomic E-state index is 13.5. The van der Waals surface area contributed by atoms with Crippen LogP contribution in [0.25, 0.3) is 11.0 Å². The first-order valence-electron chi connectivity index (χ1n) is 11.8. The highest BCUT2D eigenvalue weighted by Gasteiger charge is 2.38. The summed E-state index contributed by atoms with van der Waals surface area (Å²) in [7, 11) is -7.22. The number of aromatic nitrogens is 2. The van der Waals surface area contributed by atoms with Gasteiger partial charge in [-0.1, -0.05) is 48.0 Å². The molecule has 4 aromatic rings. The number of para-hydroxylation sites is 2. The summed E-state index contributed by atoms with van der Waals surface area (Å²) in [6, 6.07) is 16.9. The lowest BCUT2D eigenvalue weighted by Crippen LogP contribution is -2.31. The van der Waals surface area contributed by atoms with Crippen LogP contribution in [0.2, 0.25) is 5.02 Å². The summed E-state index contributed by atoms with van der Waals surface area (Å²) in [5, 5.41) is -0.240. The molecule has 38 heavy (non-hydrogen) atoms. The molecule has 0 saturated carbocycles. The highest BCUT2D eigenvalue weighted by atomic mass is 35.5. The highest BCUT2D eigenvalue weighted by Crippen LogP contribution is 2.56. The van der Waals surface area contributed by atoms with Crippen LogP contribution in [0.15, 0.2) is 65.6 Å². The number of nitrogens with one attached hydrogen (secondary N) is 3. The SMILES string of the molecule is Cc1cc(S(=O)(=O)N[C@@H](Cc2ccc(C3CC(=O)NS3(O)O)cc2)c2nc3ccccc3[nH]2)c(C)cc1Cl. The number of imidazole rings is 1. The molecule has 0 aliphatic carbocycles. The smallest absolute Gasteiger partial charge is 0.241 e. The third-order valence-corrected chi connectivity index (χ3v) is 10.4. The van der Waals surface area contributed by atoms with Crippen LogP contribution in [0.3, 0.4) is 0 Å². The molecule has 0 spiro atoms. The zero-order valence-electron chi connectivity index (χ0n) is 20.6. The molecule has 1 fully saturated rings. The Labute approximate surface area is 227 Å². The number of hydrogen-bond acceptors (Lipinski definition) is 6. The zero-order valence-corrected chi connectivity index (χ0v) is 23.0. The second-order valence-corrected chi connectivity index (χ2v) is 13.5. The highest BCUT2D eigenvalue weighted by molar-refractivity contribution is 8.23. The number of aryl methyl sites for hydroxylation is 2. The van der Waals surface area contributed by atoms with Gasteiger partial charge in [0.05, 0.1) is 28.4 Å². The second kappa shape index (κ2) is 9.99. The van der Waals surface area contributed by atoms with Crippen LogP contribution in [0.5, 0.6) is 0 Å². The molecule has 1 amide bonds. The number of fused-ring (bicyclic) bond motifs is 1. The number of aromatic amines is 1. The number of rotatable bonds is 7. The first-order valence-corrected chi connectivity index (χ1v) is 15.3. The number of carbonyl (C=O) groups is 1. The van der Waals surface area contributed by atoms with Crippen LogP contribution in [-0.2, 0) is 21.2 Å². The number of nitrogens with zero attached hydrogens (tertiary/aromatic N) is 1. The van der Waals surface area contributed by atoms with Gasteiger partial charge in [0.2, 0.25) is 15.9 Å². The third kappa shape index (κ3) is 5.31. The van der Waals surface area contributed by atoms with Gasteiger partial charge in [0.1, 0.15) is 11.1 Å². The fourth-order valence-corrected chi connectivity index (χ4v) is 7.81. The van der Waals surface area contributed by atoms with E-state index in [0.717, 1.165) is 11.1 Å². The van der Waals surface area contributed by atoms with Gasteiger partial charge < -0.3 is 4.98 Å². The predicted octanol–water partition coefficient (Wildman–Crippen LogP) is 5.32. The van der Waals surface area contributed by atoms with Crippen molar-refractivity contribution in [3.8, 4) is 0 Å². The van der Waals surface area contributed by atoms with Crippen molar-refractivity contribution >= 4 is 49.3 Å². The van der Waals surface area contributed by atoms with Crippen LogP contribution in [-0.4, -0.2) is 33.4 Å². The van der Waals surface area contributed by atoms with Gasteiger partial charge in [0, 0.05) is 5.02 Å². The van der Waals surface area contributed by atoms with Crippen molar-refractivity contribution in [3.05, 3.63) is 93.8 Å². The molecular formula is C26H27ClN4O5S2. The van der Waals surface area contributed by atoms with Crippen molar-refractivity contribution in [2.45, 2.75) is 42.9 Å². The van der Waals surface area contributed by atoms with E-state index in [1.54, 1.807) is 50.2 Å². The minimum absolute atomic E-state index is 0.0110. The monoisotopic (exact) mass is 574 g/mol. The minimum atomic E-state index is -3.96. The Bertz CT molecular complexity index is 1600. The van der Waals surface area contributed by atoms with Crippen molar-refractivity contribution < 1.29 is 22.3 Å². The van der Waals surface area contributed by atoms with E-state index < -0.39 is 38.0 Å². The molecular weight excluding hydrogens is 548 g/mol. The quantitative estimate of drug-likeness (QED) is 0.202. The van der Waals surface area contributed by atoms with Gasteiger partial charge in [-0.25, -0.2) is 18.1 Å². The first kappa shape index (κ1) is 26.7. The summed E-state index contributed by atoms with van der Waals surface area (Å²) in [4.78, 5) is 19.7. The zero-order chi connectivity index (χ0) is 27.2. The normalized spacial score (nSPS) is 18.9. The lowest BCUT2D eigenvalue weighted by molar-refractivity contribution is -0.118. The number of H-pyrrole nitrogens is 1. The van der Waals surface area contributed by atoms with Gasteiger partial charge in [0.15, 0.2) is 0 Å². The summed E-state index contributed by atoms with van der Waals surface area (Å²) >= 11 is 6.19. The second-order valence-electron chi connectivity index (χ2n) is 9.44. The van der Waals surface area contributed by atoms with Crippen LogP contribution in [0, 0.1) is 13.8 Å². The van der Waals surface area contributed by atoms with Gasteiger partial charge in [-0.15, -0.1) is 10.8 Å². The molecule has 0 bridgehead atoms. The summed E-state index contributed by atoms with van der Waals surface area (Å²) in [6.45, 7) is 3.45.